The molecule has 0 spiro atoms. The minimum atomic E-state index is 0. The number of hydrogen-bond acceptors (Lipinski definition) is 1. The maximum atomic E-state index is 5.88. The Morgan fingerprint density at radius 1 is 1.07 bits per heavy atom. The van der Waals surface area contributed by atoms with Crippen molar-refractivity contribution < 1.29 is 0 Å². The van der Waals surface area contributed by atoms with Crippen LogP contribution < -0.4 is 5.32 Å². The van der Waals surface area contributed by atoms with E-state index in [9.17, 15) is 0 Å². The molecule has 0 aliphatic carbocycles. The molecule has 15 heavy (non-hydrogen) atoms. The Kier molecular flexibility index (Phi) is 5.47. The molecule has 0 heterocycles. The van der Waals surface area contributed by atoms with Gasteiger partial charge in [0.25, 0.3) is 0 Å². The fourth-order valence-corrected chi connectivity index (χ4v) is 1.55. The predicted octanol–water partition coefficient (Wildman–Crippen LogP) is 5.09. The number of nitrogens with one attached hydrogen (secondary N) is 1. The number of benzene rings is 1. The van der Waals surface area contributed by atoms with E-state index in [1.807, 2.05) is 12.1 Å². The molecule has 0 fully saturated rings. The molecule has 0 radical (unpaired) electrons. The first-order valence-electron chi connectivity index (χ1n) is 4.57. The largest absolute Gasteiger partial charge is 0.384 e. The quantitative estimate of drug-likeness (QED) is 0.768. The molecule has 1 aromatic rings. The van der Waals surface area contributed by atoms with Crippen molar-refractivity contribution in [2.45, 2.75) is 28.2 Å². The van der Waals surface area contributed by atoms with Gasteiger partial charge in [0.05, 0.1) is 0 Å². The zero-order chi connectivity index (χ0) is 10.8. The third kappa shape index (κ3) is 5.91. The molecule has 1 aromatic carbocycles. The van der Waals surface area contributed by atoms with E-state index >= 15 is 0 Å². The third-order valence-electron chi connectivity index (χ3n) is 1.69. The second-order valence-corrected chi connectivity index (χ2v) is 5.45. The van der Waals surface area contributed by atoms with E-state index in [0.717, 1.165) is 12.2 Å². The second kappa shape index (κ2) is 5.62. The molecule has 1 N–H and O–H groups in total. The van der Waals surface area contributed by atoms with E-state index in [1.165, 1.54) is 0 Å². The van der Waals surface area contributed by atoms with Crippen LogP contribution in [0.1, 0.15) is 28.2 Å². The van der Waals surface area contributed by atoms with Crippen LogP contribution in [-0.4, -0.2) is 6.54 Å². The Hall–Kier alpha value is -0.400. The third-order valence-corrected chi connectivity index (χ3v) is 2.12. The number of hydrogen-bond donors (Lipinski definition) is 1. The van der Waals surface area contributed by atoms with Crippen molar-refractivity contribution in [3.05, 3.63) is 28.2 Å². The van der Waals surface area contributed by atoms with Crippen molar-refractivity contribution in [1.29, 1.82) is 0 Å². The van der Waals surface area contributed by atoms with E-state index in [1.54, 1.807) is 6.07 Å². The van der Waals surface area contributed by atoms with E-state index in [0.29, 0.717) is 10.0 Å². The topological polar surface area (TPSA) is 12.0 Å². The van der Waals surface area contributed by atoms with E-state index in [4.69, 9.17) is 23.2 Å². The molecule has 0 unspecified atom stereocenters. The normalized spacial score (nSPS) is 10.7. The molecular formula is C12H19Cl2N. The Balaban J connectivity index is 0.00000196. The lowest BCUT2D eigenvalue weighted by Gasteiger charge is -2.19. The monoisotopic (exact) mass is 247 g/mol. The van der Waals surface area contributed by atoms with Crippen molar-refractivity contribution in [2.24, 2.45) is 5.41 Å². The Bertz CT molecular complexity index is 296. The van der Waals surface area contributed by atoms with Crippen LogP contribution in [0.4, 0.5) is 5.69 Å². The summed E-state index contributed by atoms with van der Waals surface area (Å²) in [6.07, 6.45) is 0. The van der Waals surface area contributed by atoms with Gasteiger partial charge in [-0.25, -0.2) is 0 Å². The molecule has 1 nitrogen and oxygen atoms in total. The summed E-state index contributed by atoms with van der Waals surface area (Å²) in [7, 11) is 0. The molecule has 0 bridgehead atoms. The van der Waals surface area contributed by atoms with Gasteiger partial charge in [0.2, 0.25) is 0 Å². The minimum absolute atomic E-state index is 0. The van der Waals surface area contributed by atoms with Crippen LogP contribution in [0.2, 0.25) is 10.0 Å². The lowest BCUT2D eigenvalue weighted by molar-refractivity contribution is 0.443. The summed E-state index contributed by atoms with van der Waals surface area (Å²) in [6, 6.07) is 5.48. The molecule has 3 heteroatoms. The highest BCUT2D eigenvalue weighted by Gasteiger charge is 2.09. The van der Waals surface area contributed by atoms with Gasteiger partial charge in [0.1, 0.15) is 0 Å². The molecule has 0 aromatic heterocycles. The molecule has 0 aliphatic rings. The first-order chi connectivity index (χ1) is 6.37. The molecule has 0 aliphatic heterocycles. The highest BCUT2D eigenvalue weighted by Crippen LogP contribution is 2.23. The average Bonchev–Trinajstić information content (AvgIpc) is 1.97. The van der Waals surface area contributed by atoms with Gasteiger partial charge in [-0.15, -0.1) is 0 Å². The van der Waals surface area contributed by atoms with Gasteiger partial charge in [0, 0.05) is 22.3 Å². The maximum Gasteiger partial charge on any atom is 0.0441 e. The van der Waals surface area contributed by atoms with Crippen LogP contribution in [0.5, 0.6) is 0 Å². The lowest BCUT2D eigenvalue weighted by atomic mass is 9.97. The fraction of sp³-hybridized carbons (Fsp3) is 0.500. The van der Waals surface area contributed by atoms with Gasteiger partial charge >= 0.3 is 0 Å². The molecule has 0 amide bonds. The van der Waals surface area contributed by atoms with Crippen LogP contribution in [-0.2, 0) is 0 Å². The second-order valence-electron chi connectivity index (χ2n) is 4.57. The van der Waals surface area contributed by atoms with Crippen molar-refractivity contribution in [1.82, 2.24) is 0 Å². The van der Waals surface area contributed by atoms with Crippen LogP contribution in [0.3, 0.4) is 0 Å². The number of anilines is 1. The Morgan fingerprint density at radius 2 is 1.53 bits per heavy atom. The van der Waals surface area contributed by atoms with E-state index in [2.05, 4.69) is 26.1 Å². The fourth-order valence-electron chi connectivity index (χ4n) is 1.02. The summed E-state index contributed by atoms with van der Waals surface area (Å²) in [4.78, 5) is 0. The summed E-state index contributed by atoms with van der Waals surface area (Å²) in [5.41, 5.74) is 1.21. The maximum absolute atomic E-state index is 5.88. The van der Waals surface area contributed by atoms with Crippen molar-refractivity contribution in [3.8, 4) is 0 Å². The number of halogens is 2. The van der Waals surface area contributed by atoms with Crippen molar-refractivity contribution in [2.75, 3.05) is 11.9 Å². The average molecular weight is 248 g/mol. The summed E-state index contributed by atoms with van der Waals surface area (Å²) < 4.78 is 0. The lowest BCUT2D eigenvalue weighted by Crippen LogP contribution is -2.18. The van der Waals surface area contributed by atoms with Gasteiger partial charge in [0.15, 0.2) is 0 Å². The van der Waals surface area contributed by atoms with Crippen LogP contribution >= 0.6 is 23.2 Å². The predicted molar refractivity (Wildman–Crippen MR) is 71.1 cm³/mol. The highest BCUT2D eigenvalue weighted by atomic mass is 35.5. The Morgan fingerprint density at radius 3 is 1.93 bits per heavy atom. The first kappa shape index (κ1) is 14.6. The van der Waals surface area contributed by atoms with Crippen molar-refractivity contribution in [3.63, 3.8) is 0 Å². The summed E-state index contributed by atoms with van der Waals surface area (Å²) >= 11 is 11.8. The van der Waals surface area contributed by atoms with Gasteiger partial charge in [-0.2, -0.15) is 0 Å². The Labute approximate surface area is 103 Å². The highest BCUT2D eigenvalue weighted by molar-refractivity contribution is 6.35. The van der Waals surface area contributed by atoms with E-state index in [-0.39, 0.29) is 12.8 Å². The SMILES string of the molecule is C.CC(C)(C)CNc1cc(Cl)cc(Cl)c1. The van der Waals surface area contributed by atoms with Crippen LogP contribution in [0.25, 0.3) is 0 Å². The molecule has 0 atom stereocenters. The molecule has 86 valence electrons. The van der Waals surface area contributed by atoms with Gasteiger partial charge in [-0.05, 0) is 23.6 Å². The van der Waals surface area contributed by atoms with Gasteiger partial charge in [-0.3, -0.25) is 0 Å². The molecule has 0 saturated carbocycles. The van der Waals surface area contributed by atoms with Crippen LogP contribution in [0.15, 0.2) is 18.2 Å². The zero-order valence-electron chi connectivity index (χ0n) is 8.70. The van der Waals surface area contributed by atoms with Crippen LogP contribution in [0, 0.1) is 5.41 Å². The van der Waals surface area contributed by atoms with E-state index < -0.39 is 0 Å². The summed E-state index contributed by atoms with van der Waals surface area (Å²) in [6.45, 7) is 7.41. The van der Waals surface area contributed by atoms with Gasteiger partial charge < -0.3 is 5.32 Å². The minimum Gasteiger partial charge on any atom is -0.384 e. The first-order valence-corrected chi connectivity index (χ1v) is 5.32. The standard InChI is InChI=1S/C11H15Cl2N.CH4/c1-11(2,3)7-14-10-5-8(12)4-9(13)6-10;/h4-6,14H,7H2,1-3H3;1H4. The molecular weight excluding hydrogens is 229 g/mol. The summed E-state index contributed by atoms with van der Waals surface area (Å²) in [5, 5.41) is 4.62. The summed E-state index contributed by atoms with van der Waals surface area (Å²) in [5.74, 6) is 0. The smallest absolute Gasteiger partial charge is 0.0441 e. The molecule has 0 saturated heterocycles. The zero-order valence-corrected chi connectivity index (χ0v) is 10.2. The molecule has 1 rings (SSSR count). The number of rotatable bonds is 2. The van der Waals surface area contributed by atoms with Gasteiger partial charge in [-0.1, -0.05) is 51.4 Å². The van der Waals surface area contributed by atoms with Crippen molar-refractivity contribution >= 4 is 28.9 Å².